The molecule has 8 heteroatoms. The van der Waals surface area contributed by atoms with Gasteiger partial charge in [-0.15, -0.1) is 11.3 Å². The maximum Gasteiger partial charge on any atom is 0.267 e. The van der Waals surface area contributed by atoms with Gasteiger partial charge in [0.15, 0.2) is 0 Å². The molecular weight excluding hydrogens is 360 g/mol. The molecule has 1 N–H and O–H groups in total. The van der Waals surface area contributed by atoms with Crippen LogP contribution >= 0.6 is 11.3 Å². The second-order valence-corrected chi connectivity index (χ2v) is 8.05. The van der Waals surface area contributed by atoms with E-state index in [-0.39, 0.29) is 11.6 Å². The summed E-state index contributed by atoms with van der Waals surface area (Å²) in [5.74, 6) is 1.75. The monoisotopic (exact) mass is 384 g/mol. The number of anilines is 2. The molecule has 3 aromatic heterocycles. The Labute approximate surface area is 162 Å². The second kappa shape index (κ2) is 7.64. The Morgan fingerprint density at radius 3 is 3.00 bits per heavy atom. The van der Waals surface area contributed by atoms with Gasteiger partial charge in [0.1, 0.15) is 22.8 Å². The van der Waals surface area contributed by atoms with Crippen molar-refractivity contribution in [3.63, 3.8) is 0 Å². The van der Waals surface area contributed by atoms with Crippen LogP contribution in [0.5, 0.6) is 0 Å². The fourth-order valence-electron chi connectivity index (χ4n) is 3.60. The molecule has 0 spiro atoms. The smallest absolute Gasteiger partial charge is 0.267 e. The lowest BCUT2D eigenvalue weighted by atomic mass is 10.0. The number of rotatable bonds is 5. The molecular formula is C19H24N6OS. The Morgan fingerprint density at radius 1 is 1.26 bits per heavy atom. The molecule has 1 aliphatic rings. The summed E-state index contributed by atoms with van der Waals surface area (Å²) in [4.78, 5) is 24.1. The van der Waals surface area contributed by atoms with Gasteiger partial charge in [-0.25, -0.2) is 14.6 Å². The van der Waals surface area contributed by atoms with Crippen molar-refractivity contribution < 1.29 is 0 Å². The van der Waals surface area contributed by atoms with Gasteiger partial charge < -0.3 is 10.2 Å². The van der Waals surface area contributed by atoms with Crippen LogP contribution in [0.15, 0.2) is 34.7 Å². The Hall–Kier alpha value is -2.48. The molecule has 0 bridgehead atoms. The summed E-state index contributed by atoms with van der Waals surface area (Å²) in [5, 5.41) is 11.2. The lowest BCUT2D eigenvalue weighted by molar-refractivity contribution is 0.451. The zero-order chi connectivity index (χ0) is 18.8. The van der Waals surface area contributed by atoms with Crippen LogP contribution in [0.25, 0.3) is 10.2 Å². The van der Waals surface area contributed by atoms with Crippen LogP contribution in [-0.2, 0) is 0 Å². The maximum atomic E-state index is 12.0. The van der Waals surface area contributed by atoms with E-state index >= 15 is 0 Å². The first-order valence-corrected chi connectivity index (χ1v) is 10.3. The third-order valence-electron chi connectivity index (χ3n) is 4.99. The zero-order valence-electron chi connectivity index (χ0n) is 15.6. The fourth-order valence-corrected chi connectivity index (χ4v) is 4.33. The number of hydrogen-bond acceptors (Lipinski definition) is 7. The lowest BCUT2D eigenvalue weighted by Crippen LogP contribution is -2.45. The molecule has 7 nitrogen and oxygen atoms in total. The van der Waals surface area contributed by atoms with Crippen LogP contribution in [0.2, 0.25) is 0 Å². The van der Waals surface area contributed by atoms with Gasteiger partial charge >= 0.3 is 0 Å². The van der Waals surface area contributed by atoms with Crippen LogP contribution in [0.3, 0.4) is 0 Å². The average Bonchev–Trinajstić information content (AvgIpc) is 3.16. The minimum Gasteiger partial charge on any atom is -0.367 e. The van der Waals surface area contributed by atoms with Crippen molar-refractivity contribution in [2.45, 2.75) is 45.2 Å². The largest absolute Gasteiger partial charge is 0.367 e. The van der Waals surface area contributed by atoms with Crippen molar-refractivity contribution in [1.82, 2.24) is 19.7 Å². The number of piperidine rings is 1. The van der Waals surface area contributed by atoms with Gasteiger partial charge in [-0.2, -0.15) is 5.10 Å². The predicted octanol–water partition coefficient (Wildman–Crippen LogP) is 3.30. The summed E-state index contributed by atoms with van der Waals surface area (Å²) in [7, 11) is 0. The highest BCUT2D eigenvalue weighted by Crippen LogP contribution is 2.26. The Bertz CT molecular complexity index is 981. The summed E-state index contributed by atoms with van der Waals surface area (Å²) in [6.45, 7) is 5.70. The number of aromatic nitrogens is 4. The van der Waals surface area contributed by atoms with Gasteiger partial charge in [0.25, 0.3) is 5.56 Å². The molecule has 0 amide bonds. The third kappa shape index (κ3) is 3.66. The molecule has 1 fully saturated rings. The van der Waals surface area contributed by atoms with E-state index in [1.807, 2.05) is 25.3 Å². The summed E-state index contributed by atoms with van der Waals surface area (Å²) in [6, 6.07) is 5.89. The molecule has 1 saturated heterocycles. The lowest BCUT2D eigenvalue weighted by Gasteiger charge is -2.37. The first-order chi connectivity index (χ1) is 13.1. The van der Waals surface area contributed by atoms with Crippen molar-refractivity contribution in [2.75, 3.05) is 23.3 Å². The highest BCUT2D eigenvalue weighted by molar-refractivity contribution is 7.16. The van der Waals surface area contributed by atoms with Crippen molar-refractivity contribution in [3.8, 4) is 0 Å². The Balaban J connectivity index is 1.55. The van der Waals surface area contributed by atoms with E-state index in [0.29, 0.717) is 6.04 Å². The zero-order valence-corrected chi connectivity index (χ0v) is 16.4. The third-order valence-corrected chi connectivity index (χ3v) is 5.81. The van der Waals surface area contributed by atoms with E-state index in [0.717, 1.165) is 47.8 Å². The van der Waals surface area contributed by atoms with Crippen molar-refractivity contribution in [3.05, 3.63) is 40.3 Å². The van der Waals surface area contributed by atoms with E-state index in [2.05, 4.69) is 31.3 Å². The van der Waals surface area contributed by atoms with E-state index in [1.165, 1.54) is 6.42 Å². The first kappa shape index (κ1) is 17.9. The second-order valence-electron chi connectivity index (χ2n) is 7.15. The summed E-state index contributed by atoms with van der Waals surface area (Å²) >= 11 is 1.62. The minimum atomic E-state index is -0.0544. The standard InChI is InChI=1S/C19H24N6OS/c1-13(2)25-17(26)7-6-16(23-25)24-9-4-3-5-14(24)11-20-18-15-8-10-27-19(15)22-12-21-18/h6-8,10,12-14H,3-5,9,11H2,1-2H3,(H,20,21,22). The Morgan fingerprint density at radius 2 is 2.15 bits per heavy atom. The highest BCUT2D eigenvalue weighted by atomic mass is 32.1. The van der Waals surface area contributed by atoms with Crippen LogP contribution < -0.4 is 15.8 Å². The molecule has 1 atom stereocenters. The Kier molecular flexibility index (Phi) is 5.07. The molecule has 27 heavy (non-hydrogen) atoms. The SMILES string of the molecule is CC(C)n1nc(N2CCCCC2CNc2ncnc3sccc23)ccc1=O. The molecule has 0 radical (unpaired) electrons. The topological polar surface area (TPSA) is 75.9 Å². The summed E-state index contributed by atoms with van der Waals surface area (Å²) < 4.78 is 1.56. The molecule has 4 rings (SSSR count). The van der Waals surface area contributed by atoms with Crippen LogP contribution in [0.1, 0.15) is 39.2 Å². The average molecular weight is 385 g/mol. The van der Waals surface area contributed by atoms with Crippen LogP contribution in [0.4, 0.5) is 11.6 Å². The molecule has 1 unspecified atom stereocenters. The normalized spacial score (nSPS) is 17.6. The van der Waals surface area contributed by atoms with Crippen molar-refractivity contribution in [1.29, 1.82) is 0 Å². The highest BCUT2D eigenvalue weighted by Gasteiger charge is 2.24. The van der Waals surface area contributed by atoms with Crippen molar-refractivity contribution >= 4 is 33.2 Å². The van der Waals surface area contributed by atoms with E-state index < -0.39 is 0 Å². The number of nitrogens with zero attached hydrogens (tertiary/aromatic N) is 5. The summed E-state index contributed by atoms with van der Waals surface area (Å²) in [6.07, 6.45) is 5.04. The molecule has 4 heterocycles. The van der Waals surface area contributed by atoms with Gasteiger partial charge in [0, 0.05) is 25.2 Å². The molecule has 0 saturated carbocycles. The molecule has 0 aliphatic carbocycles. The molecule has 0 aromatic carbocycles. The quantitative estimate of drug-likeness (QED) is 0.727. The van der Waals surface area contributed by atoms with Gasteiger partial charge in [0.2, 0.25) is 0 Å². The van der Waals surface area contributed by atoms with E-state index in [4.69, 9.17) is 0 Å². The van der Waals surface area contributed by atoms with Crippen LogP contribution in [0, 0.1) is 0 Å². The van der Waals surface area contributed by atoms with Gasteiger partial charge in [-0.1, -0.05) is 0 Å². The van der Waals surface area contributed by atoms with Gasteiger partial charge in [-0.3, -0.25) is 4.79 Å². The minimum absolute atomic E-state index is 0.0479. The molecule has 1 aliphatic heterocycles. The predicted molar refractivity (Wildman–Crippen MR) is 110 cm³/mol. The molecule has 142 valence electrons. The fraction of sp³-hybridized carbons (Fsp3) is 0.474. The van der Waals surface area contributed by atoms with Crippen LogP contribution in [-0.4, -0.2) is 38.9 Å². The van der Waals surface area contributed by atoms with E-state index in [1.54, 1.807) is 28.4 Å². The first-order valence-electron chi connectivity index (χ1n) is 9.42. The van der Waals surface area contributed by atoms with Gasteiger partial charge in [0.05, 0.1) is 11.4 Å². The van der Waals surface area contributed by atoms with Crippen molar-refractivity contribution in [2.24, 2.45) is 0 Å². The maximum absolute atomic E-state index is 12.0. The summed E-state index contributed by atoms with van der Waals surface area (Å²) in [5.41, 5.74) is -0.0544. The van der Waals surface area contributed by atoms with E-state index in [9.17, 15) is 4.79 Å². The number of fused-ring (bicyclic) bond motifs is 1. The number of nitrogens with one attached hydrogen (secondary N) is 1. The molecule has 3 aromatic rings. The number of thiophene rings is 1. The number of hydrogen-bond donors (Lipinski definition) is 1. The van der Waals surface area contributed by atoms with Gasteiger partial charge in [-0.05, 0) is 50.6 Å².